The summed E-state index contributed by atoms with van der Waals surface area (Å²) in [5.74, 6) is -2.22. The highest BCUT2D eigenvalue weighted by Gasteiger charge is 2.07. The number of rotatable bonds is 3. The molecule has 0 fully saturated rings. The van der Waals surface area contributed by atoms with Crippen molar-refractivity contribution in [1.82, 2.24) is 0 Å². The van der Waals surface area contributed by atoms with Crippen LogP contribution in [0.1, 0.15) is 0 Å². The summed E-state index contributed by atoms with van der Waals surface area (Å²) in [5.41, 5.74) is 0. The van der Waals surface area contributed by atoms with Crippen molar-refractivity contribution >= 4 is 30.9 Å². The molecule has 0 spiro atoms. The molecule has 8 heavy (non-hydrogen) atoms. The van der Waals surface area contributed by atoms with Gasteiger partial charge >= 0.3 is 5.97 Å². The van der Waals surface area contributed by atoms with Crippen molar-refractivity contribution < 1.29 is 14.7 Å². The van der Waals surface area contributed by atoms with Crippen molar-refractivity contribution in [3.05, 3.63) is 0 Å². The summed E-state index contributed by atoms with van der Waals surface area (Å²) < 4.78 is 0. The normalized spacial score (nSPS) is 9.00. The zero-order valence-corrected chi connectivity index (χ0v) is 5.54. The van der Waals surface area contributed by atoms with Crippen LogP contribution >= 0.6 is 7.36 Å². The Morgan fingerprint density at radius 1 is 1.62 bits per heavy atom. The second kappa shape index (κ2) is 3.64. The molecule has 0 saturated carbocycles. The minimum Gasteiger partial charge on any atom is -0.475 e. The highest BCUT2D eigenvalue weighted by molar-refractivity contribution is 7.96. The molecule has 0 amide bonds. The highest BCUT2D eigenvalue weighted by Crippen LogP contribution is 1.90. The molecule has 0 aliphatic carbocycles. The van der Waals surface area contributed by atoms with Crippen LogP contribution in [0, 0.1) is 0 Å². The first-order valence-electron chi connectivity index (χ1n) is 1.73. The molecule has 0 unspecified atom stereocenters. The number of carbonyl (C=O) groups excluding carboxylic acids is 1. The lowest BCUT2D eigenvalue weighted by molar-refractivity contribution is -0.147. The fourth-order valence-electron chi connectivity index (χ4n) is 0.126. The first-order valence-corrected chi connectivity index (χ1v) is 3.83. The molecule has 0 aliphatic heterocycles. The van der Waals surface area contributed by atoms with E-state index >= 15 is 0 Å². The maximum absolute atomic E-state index is 10.1. The summed E-state index contributed by atoms with van der Waals surface area (Å²) in [6.07, 6.45) is -0.0648. The quantitative estimate of drug-likeness (QED) is 0.456. The molecular formula is C3H3O3PS. The van der Waals surface area contributed by atoms with E-state index in [-0.39, 0.29) is 6.16 Å². The molecule has 0 radical (unpaired) electrons. The van der Waals surface area contributed by atoms with E-state index in [0.29, 0.717) is 7.36 Å². The van der Waals surface area contributed by atoms with E-state index < -0.39 is 11.8 Å². The lowest BCUT2D eigenvalue weighted by Crippen LogP contribution is -2.12. The number of hydrogen-bond acceptors (Lipinski definition) is 3. The van der Waals surface area contributed by atoms with Gasteiger partial charge < -0.3 is 5.11 Å². The van der Waals surface area contributed by atoms with Crippen molar-refractivity contribution in [2.24, 2.45) is 0 Å². The van der Waals surface area contributed by atoms with E-state index in [1.807, 2.05) is 0 Å². The van der Waals surface area contributed by atoms with Crippen LogP contribution in [0.5, 0.6) is 0 Å². The fourth-order valence-corrected chi connectivity index (χ4v) is 0.731. The minimum atomic E-state index is -1.40. The predicted octanol–water partition coefficient (Wildman–Crippen LogP) is 0.0482. The van der Waals surface area contributed by atoms with Crippen molar-refractivity contribution in [2.45, 2.75) is 0 Å². The Balaban J connectivity index is 3.65. The number of carboxylic acids is 1. The summed E-state index contributed by atoms with van der Waals surface area (Å²) >= 11 is 4.34. The van der Waals surface area contributed by atoms with Crippen LogP contribution in [0.25, 0.3) is 0 Å². The Morgan fingerprint density at radius 3 is 2.25 bits per heavy atom. The molecule has 3 nitrogen and oxygen atoms in total. The van der Waals surface area contributed by atoms with Crippen LogP contribution in [0.2, 0.25) is 0 Å². The zero-order chi connectivity index (χ0) is 6.57. The second-order valence-corrected chi connectivity index (χ2v) is 2.36. The predicted molar refractivity (Wildman–Crippen MR) is 31.8 cm³/mol. The molecule has 0 atom stereocenters. The van der Waals surface area contributed by atoms with Gasteiger partial charge in [0.05, 0.1) is 6.16 Å². The summed E-state index contributed by atoms with van der Waals surface area (Å²) in [6.45, 7) is 0. The average molecular weight is 150 g/mol. The first-order chi connectivity index (χ1) is 3.68. The molecule has 5 heteroatoms. The van der Waals surface area contributed by atoms with Gasteiger partial charge in [0, 0.05) is 0 Å². The summed E-state index contributed by atoms with van der Waals surface area (Å²) in [7, 11) is 0.387. The van der Waals surface area contributed by atoms with Crippen LogP contribution in [0.4, 0.5) is 0 Å². The lowest BCUT2D eigenvalue weighted by atomic mass is 10.5. The summed E-state index contributed by atoms with van der Waals surface area (Å²) in [4.78, 5) is 19.8. The largest absolute Gasteiger partial charge is 0.475 e. The van der Waals surface area contributed by atoms with Gasteiger partial charge in [-0.3, -0.25) is 4.79 Å². The first kappa shape index (κ1) is 7.66. The van der Waals surface area contributed by atoms with Gasteiger partial charge in [0.2, 0.25) is 5.78 Å². The Labute approximate surface area is 52.5 Å². The van der Waals surface area contributed by atoms with E-state index in [1.54, 1.807) is 0 Å². The Bertz CT molecular complexity index is 132. The maximum Gasteiger partial charge on any atom is 0.372 e. The average Bonchev–Trinajstić information content (AvgIpc) is 1.67. The van der Waals surface area contributed by atoms with Gasteiger partial charge in [-0.15, -0.1) is 0 Å². The molecule has 0 aliphatic rings. The van der Waals surface area contributed by atoms with Gasteiger partial charge in [-0.25, -0.2) is 4.79 Å². The highest BCUT2D eigenvalue weighted by atomic mass is 32.4. The van der Waals surface area contributed by atoms with E-state index in [0.717, 1.165) is 0 Å². The van der Waals surface area contributed by atoms with Crippen LogP contribution in [0.3, 0.4) is 0 Å². The molecule has 0 aromatic carbocycles. The molecule has 0 heterocycles. The van der Waals surface area contributed by atoms with Crippen molar-refractivity contribution in [3.63, 3.8) is 0 Å². The van der Waals surface area contributed by atoms with Crippen LogP contribution in [0.15, 0.2) is 0 Å². The number of hydrogen-bond donors (Lipinski definition) is 1. The summed E-state index contributed by atoms with van der Waals surface area (Å²) in [6, 6.07) is 0. The third-order valence-electron chi connectivity index (χ3n) is 0.447. The standard InChI is InChI=1S/C3H3O3PS/c4-2(1-7-8)3(5)6/h1H2,(H,5,6). The Hall–Kier alpha value is -0.340. The van der Waals surface area contributed by atoms with Gasteiger partial charge in [-0.2, -0.15) is 0 Å². The third-order valence-corrected chi connectivity index (χ3v) is 1.25. The van der Waals surface area contributed by atoms with E-state index in [4.69, 9.17) is 5.11 Å². The maximum atomic E-state index is 10.1. The Kier molecular flexibility index (Phi) is 3.48. The van der Waals surface area contributed by atoms with Gasteiger partial charge in [0.15, 0.2) is 0 Å². The molecule has 0 saturated heterocycles. The minimum absolute atomic E-state index is 0.0648. The second-order valence-electron chi connectivity index (χ2n) is 1.02. The van der Waals surface area contributed by atoms with Crippen molar-refractivity contribution in [1.29, 1.82) is 0 Å². The van der Waals surface area contributed by atoms with E-state index in [2.05, 4.69) is 11.8 Å². The van der Waals surface area contributed by atoms with Crippen LogP contribution in [-0.2, 0) is 21.4 Å². The molecule has 0 rings (SSSR count). The van der Waals surface area contributed by atoms with Gasteiger partial charge in [0.25, 0.3) is 0 Å². The third kappa shape index (κ3) is 2.77. The molecular weight excluding hydrogens is 147 g/mol. The number of carboxylic acid groups (broad SMARTS) is 1. The van der Waals surface area contributed by atoms with Gasteiger partial charge in [-0.05, 0) is 7.36 Å². The van der Waals surface area contributed by atoms with Crippen LogP contribution in [-0.4, -0.2) is 23.0 Å². The number of ketones is 1. The number of Topliss-reactive ketones (excluding diaryl/α,β-unsaturated/α-hetero) is 1. The topological polar surface area (TPSA) is 54.4 Å². The Morgan fingerprint density at radius 2 is 2.12 bits per heavy atom. The molecule has 0 aromatic heterocycles. The van der Waals surface area contributed by atoms with Crippen molar-refractivity contribution in [2.75, 3.05) is 6.16 Å². The monoisotopic (exact) mass is 150 g/mol. The summed E-state index contributed by atoms with van der Waals surface area (Å²) in [5, 5.41) is 7.91. The van der Waals surface area contributed by atoms with Gasteiger partial charge in [-0.1, -0.05) is 11.8 Å². The molecule has 0 bridgehead atoms. The number of carbonyl (C=O) groups is 2. The molecule has 1 N–H and O–H groups in total. The lowest BCUT2D eigenvalue weighted by Gasteiger charge is -1.81. The van der Waals surface area contributed by atoms with E-state index in [1.165, 1.54) is 0 Å². The molecule has 0 aromatic rings. The smallest absolute Gasteiger partial charge is 0.372 e. The molecule has 44 valence electrons. The van der Waals surface area contributed by atoms with E-state index in [9.17, 15) is 9.59 Å². The van der Waals surface area contributed by atoms with Crippen LogP contribution < -0.4 is 0 Å². The van der Waals surface area contributed by atoms with Crippen molar-refractivity contribution in [3.8, 4) is 0 Å². The number of aliphatic carboxylic acids is 1. The zero-order valence-electron chi connectivity index (χ0n) is 3.83. The SMILES string of the molecule is O=C(O)C(=O)CP=S. The van der Waals surface area contributed by atoms with Gasteiger partial charge in [0.1, 0.15) is 0 Å². The fraction of sp³-hybridized carbons (Fsp3) is 0.333.